The molecule has 0 radical (unpaired) electrons. The third-order valence-electron chi connectivity index (χ3n) is 6.38. The van der Waals surface area contributed by atoms with Crippen LogP contribution in [0.25, 0.3) is 11.8 Å². The van der Waals surface area contributed by atoms with E-state index in [0.29, 0.717) is 11.1 Å². The standard InChI is InChI=1S/C28H38N4/c1-8-10-19(3)25(9-2)20(4)11-24-13-27(30-16-26(24)22(6)29)31-21(5)12-23-14-28(15-23)17-32(7)18-28/h9-13,16H,5-6,8,14-15,17-18,29H2,1-4,7H3,(H,30,31)/b19-10-,20-11+,25-9+. The predicted octanol–water partition coefficient (Wildman–Crippen LogP) is 6.29. The van der Waals surface area contributed by atoms with E-state index in [4.69, 9.17) is 5.73 Å². The van der Waals surface area contributed by atoms with Gasteiger partial charge >= 0.3 is 0 Å². The summed E-state index contributed by atoms with van der Waals surface area (Å²) in [4.78, 5) is 6.94. The van der Waals surface area contributed by atoms with Gasteiger partial charge < -0.3 is 16.0 Å². The lowest BCUT2D eigenvalue weighted by molar-refractivity contribution is -0.0111. The van der Waals surface area contributed by atoms with Gasteiger partial charge in [-0.3, -0.25) is 0 Å². The number of allylic oxidation sites excluding steroid dienone is 7. The average Bonchev–Trinajstić information content (AvgIpc) is 2.65. The number of rotatable bonds is 8. The highest BCUT2D eigenvalue weighted by Gasteiger charge is 2.48. The molecule has 0 bridgehead atoms. The molecule has 4 heteroatoms. The lowest BCUT2D eigenvalue weighted by Gasteiger charge is -2.56. The Labute approximate surface area is 194 Å². The minimum Gasteiger partial charge on any atom is -0.399 e. The van der Waals surface area contributed by atoms with E-state index >= 15 is 0 Å². The van der Waals surface area contributed by atoms with Crippen LogP contribution in [0.4, 0.5) is 5.82 Å². The van der Waals surface area contributed by atoms with Crippen LogP contribution in [0, 0.1) is 5.41 Å². The van der Waals surface area contributed by atoms with E-state index in [2.05, 4.69) is 87.4 Å². The Morgan fingerprint density at radius 3 is 2.50 bits per heavy atom. The molecule has 1 saturated carbocycles. The quantitative estimate of drug-likeness (QED) is 0.476. The Kier molecular flexibility index (Phi) is 7.25. The average molecular weight is 431 g/mol. The molecular formula is C28H38N4. The maximum absolute atomic E-state index is 6.06. The van der Waals surface area contributed by atoms with Gasteiger partial charge in [-0.15, -0.1) is 0 Å². The Morgan fingerprint density at radius 1 is 1.25 bits per heavy atom. The molecule has 0 amide bonds. The lowest BCUT2D eigenvalue weighted by atomic mass is 9.61. The second kappa shape index (κ2) is 9.74. The van der Waals surface area contributed by atoms with Crippen LogP contribution in [-0.2, 0) is 0 Å². The van der Waals surface area contributed by atoms with Gasteiger partial charge in [0.25, 0.3) is 0 Å². The second-order valence-corrected chi connectivity index (χ2v) is 9.49. The van der Waals surface area contributed by atoms with Crippen LogP contribution in [0.2, 0.25) is 0 Å². The normalized spacial score (nSPS) is 18.8. The molecule has 0 atom stereocenters. The number of hydrogen-bond donors (Lipinski definition) is 2. The lowest BCUT2D eigenvalue weighted by Crippen LogP contribution is -2.58. The van der Waals surface area contributed by atoms with Crippen LogP contribution in [0.5, 0.6) is 0 Å². The number of nitrogens with two attached hydrogens (primary N) is 1. The van der Waals surface area contributed by atoms with Crippen molar-refractivity contribution in [2.75, 3.05) is 25.5 Å². The van der Waals surface area contributed by atoms with Crippen molar-refractivity contribution in [3.8, 4) is 0 Å². The van der Waals surface area contributed by atoms with Crippen molar-refractivity contribution in [2.45, 2.75) is 47.0 Å². The summed E-state index contributed by atoms with van der Waals surface area (Å²) in [5.74, 6) is 0.760. The largest absolute Gasteiger partial charge is 0.399 e. The monoisotopic (exact) mass is 430 g/mol. The minimum absolute atomic E-state index is 0.511. The molecule has 4 nitrogen and oxygen atoms in total. The Morgan fingerprint density at radius 2 is 1.94 bits per heavy atom. The highest BCUT2D eigenvalue weighted by atomic mass is 15.2. The van der Waals surface area contributed by atoms with Crippen molar-refractivity contribution in [1.82, 2.24) is 9.88 Å². The third-order valence-corrected chi connectivity index (χ3v) is 6.38. The zero-order valence-corrected chi connectivity index (χ0v) is 20.4. The summed E-state index contributed by atoms with van der Waals surface area (Å²) in [7, 11) is 2.19. The highest BCUT2D eigenvalue weighted by molar-refractivity contribution is 5.75. The van der Waals surface area contributed by atoms with Gasteiger partial charge in [-0.2, -0.15) is 0 Å². The van der Waals surface area contributed by atoms with Crippen molar-refractivity contribution in [1.29, 1.82) is 0 Å². The topological polar surface area (TPSA) is 54.2 Å². The Hall–Kier alpha value is -2.85. The van der Waals surface area contributed by atoms with Gasteiger partial charge in [-0.1, -0.05) is 43.9 Å². The van der Waals surface area contributed by atoms with Gasteiger partial charge in [0, 0.05) is 41.7 Å². The van der Waals surface area contributed by atoms with Crippen LogP contribution in [0.3, 0.4) is 0 Å². The SMILES string of the molecule is C=C(C=C1CC2(C1)CN(C)C2)Nc1cc(/C=C(C)/C(=C/C)C(/C)=C\CC)c(C(=C)N)cn1. The van der Waals surface area contributed by atoms with Crippen molar-refractivity contribution in [2.24, 2.45) is 11.1 Å². The van der Waals surface area contributed by atoms with Gasteiger partial charge in [0.2, 0.25) is 0 Å². The van der Waals surface area contributed by atoms with Crippen LogP contribution in [0.15, 0.2) is 71.6 Å². The molecule has 1 aliphatic heterocycles. The summed E-state index contributed by atoms with van der Waals surface area (Å²) in [6, 6.07) is 2.02. The molecule has 1 aromatic rings. The summed E-state index contributed by atoms with van der Waals surface area (Å²) >= 11 is 0. The van der Waals surface area contributed by atoms with E-state index in [1.54, 1.807) is 6.20 Å². The van der Waals surface area contributed by atoms with Crippen LogP contribution >= 0.6 is 0 Å². The van der Waals surface area contributed by atoms with Crippen molar-refractivity contribution < 1.29 is 0 Å². The third kappa shape index (κ3) is 5.31. The predicted molar refractivity (Wildman–Crippen MR) is 139 cm³/mol. The van der Waals surface area contributed by atoms with E-state index in [1.807, 2.05) is 6.07 Å². The fourth-order valence-corrected chi connectivity index (χ4v) is 5.20. The van der Waals surface area contributed by atoms with Gasteiger partial charge in [0.05, 0.1) is 0 Å². The van der Waals surface area contributed by atoms with Gasteiger partial charge in [0.15, 0.2) is 0 Å². The summed E-state index contributed by atoms with van der Waals surface area (Å²) in [6.07, 6.45) is 13.9. The fraction of sp³-hybridized carbons (Fsp3) is 0.393. The number of hydrogen-bond acceptors (Lipinski definition) is 4. The summed E-state index contributed by atoms with van der Waals surface area (Å²) in [5.41, 5.74) is 15.0. The first-order valence-corrected chi connectivity index (χ1v) is 11.5. The number of pyridine rings is 1. The molecule has 1 aliphatic carbocycles. The zero-order valence-electron chi connectivity index (χ0n) is 20.4. The summed E-state index contributed by atoms with van der Waals surface area (Å²) in [5, 5.41) is 3.36. The number of aromatic nitrogens is 1. The van der Waals surface area contributed by atoms with Gasteiger partial charge in [0.1, 0.15) is 5.82 Å². The van der Waals surface area contributed by atoms with E-state index < -0.39 is 0 Å². The second-order valence-electron chi connectivity index (χ2n) is 9.49. The molecule has 0 unspecified atom stereocenters. The van der Waals surface area contributed by atoms with Crippen LogP contribution in [0.1, 0.15) is 58.1 Å². The number of anilines is 1. The molecule has 3 rings (SSSR count). The number of likely N-dealkylation sites (tertiary alicyclic amines) is 1. The molecule has 2 fully saturated rings. The molecule has 0 aromatic carbocycles. The van der Waals surface area contributed by atoms with Crippen molar-refractivity contribution in [3.05, 3.63) is 82.8 Å². The Balaban J connectivity index is 1.78. The molecule has 170 valence electrons. The van der Waals surface area contributed by atoms with E-state index in [9.17, 15) is 0 Å². The highest BCUT2D eigenvalue weighted by Crippen LogP contribution is 2.51. The van der Waals surface area contributed by atoms with E-state index in [-0.39, 0.29) is 0 Å². The summed E-state index contributed by atoms with van der Waals surface area (Å²) < 4.78 is 0. The van der Waals surface area contributed by atoms with Crippen molar-refractivity contribution >= 4 is 17.6 Å². The molecule has 2 aliphatic rings. The van der Waals surface area contributed by atoms with E-state index in [1.165, 1.54) is 48.2 Å². The fourth-order valence-electron chi connectivity index (χ4n) is 5.20. The maximum atomic E-state index is 6.06. The smallest absolute Gasteiger partial charge is 0.130 e. The van der Waals surface area contributed by atoms with Crippen LogP contribution < -0.4 is 11.1 Å². The van der Waals surface area contributed by atoms with Gasteiger partial charge in [-0.05, 0) is 81.5 Å². The van der Waals surface area contributed by atoms with Gasteiger partial charge in [-0.25, -0.2) is 4.98 Å². The minimum atomic E-state index is 0.511. The maximum Gasteiger partial charge on any atom is 0.130 e. The first-order chi connectivity index (χ1) is 15.2. The molecule has 1 spiro atoms. The first-order valence-electron chi connectivity index (χ1n) is 11.5. The molecule has 32 heavy (non-hydrogen) atoms. The number of nitrogens with one attached hydrogen (secondary N) is 1. The molecule has 1 aromatic heterocycles. The number of nitrogens with zero attached hydrogens (tertiary/aromatic N) is 2. The van der Waals surface area contributed by atoms with Crippen molar-refractivity contribution in [3.63, 3.8) is 0 Å². The molecular weight excluding hydrogens is 392 g/mol. The molecule has 1 saturated heterocycles. The first kappa shape index (κ1) is 23.8. The molecule has 2 heterocycles. The molecule has 3 N–H and O–H groups in total. The Bertz CT molecular complexity index is 1020. The van der Waals surface area contributed by atoms with Crippen LogP contribution in [-0.4, -0.2) is 30.0 Å². The van der Waals surface area contributed by atoms with E-state index in [0.717, 1.165) is 29.1 Å². The zero-order chi connectivity index (χ0) is 23.5. The summed E-state index contributed by atoms with van der Waals surface area (Å²) in [6.45, 7) is 19.1.